The quantitative estimate of drug-likeness (QED) is 0.810. The molecule has 1 aromatic heterocycles. The first-order valence-corrected chi connectivity index (χ1v) is 10.5. The number of rotatable bonds is 4. The zero-order valence-electron chi connectivity index (χ0n) is 16.5. The van der Waals surface area contributed by atoms with Crippen LogP contribution in [0.3, 0.4) is 0 Å². The molecule has 0 unspecified atom stereocenters. The maximum Gasteiger partial charge on any atom is 0.225 e. The van der Waals surface area contributed by atoms with Gasteiger partial charge in [-0.3, -0.25) is 14.5 Å². The molecule has 1 aromatic rings. The fraction of sp³-hybridized carbons (Fsp3) is 0.700. The van der Waals surface area contributed by atoms with Gasteiger partial charge in [0.25, 0.3) is 0 Å². The van der Waals surface area contributed by atoms with Gasteiger partial charge in [0.05, 0.1) is 0 Å². The smallest absolute Gasteiger partial charge is 0.225 e. The zero-order valence-corrected chi connectivity index (χ0v) is 17.3. The molecular formula is C20H31N3O2S. The van der Waals surface area contributed by atoms with E-state index in [4.69, 9.17) is 0 Å². The molecule has 144 valence electrons. The molecule has 0 bridgehead atoms. The summed E-state index contributed by atoms with van der Waals surface area (Å²) < 4.78 is 0. The van der Waals surface area contributed by atoms with Crippen molar-refractivity contribution in [2.45, 2.75) is 40.7 Å². The zero-order chi connectivity index (χ0) is 18.9. The molecule has 5 nitrogen and oxygen atoms in total. The summed E-state index contributed by atoms with van der Waals surface area (Å²) in [6.07, 6.45) is 0.558. The van der Waals surface area contributed by atoms with E-state index in [2.05, 4.69) is 24.0 Å². The SMILES string of the molecule is CCN1C[C@@]2(CC1=O)CN(Cc1ccc(C)s1)CCN(C(=O)C(C)C)C2. The molecule has 0 radical (unpaired) electrons. The van der Waals surface area contributed by atoms with Gasteiger partial charge in [-0.1, -0.05) is 13.8 Å². The number of carbonyl (C=O) groups is 2. The second-order valence-electron chi connectivity index (χ2n) is 8.22. The van der Waals surface area contributed by atoms with Crippen LogP contribution >= 0.6 is 11.3 Å². The standard InChI is InChI=1S/C20H31N3O2S/c1-5-22-13-20(10-18(22)24)12-21(11-17-7-6-16(4)26-17)8-9-23(14-20)19(25)15(2)3/h6-7,15H,5,8-14H2,1-4H3/t20-/m1/s1. The van der Waals surface area contributed by atoms with E-state index in [1.807, 2.05) is 41.9 Å². The van der Waals surface area contributed by atoms with E-state index in [0.717, 1.165) is 39.3 Å². The Hall–Kier alpha value is -1.40. The second kappa shape index (κ2) is 7.69. The highest BCUT2D eigenvalue weighted by Gasteiger charge is 2.46. The van der Waals surface area contributed by atoms with E-state index in [1.54, 1.807) is 0 Å². The van der Waals surface area contributed by atoms with Gasteiger partial charge in [-0.2, -0.15) is 0 Å². The van der Waals surface area contributed by atoms with E-state index in [9.17, 15) is 9.59 Å². The Balaban J connectivity index is 1.82. The van der Waals surface area contributed by atoms with Crippen LogP contribution in [-0.2, 0) is 16.1 Å². The van der Waals surface area contributed by atoms with E-state index in [-0.39, 0.29) is 23.1 Å². The first kappa shape index (κ1) is 19.4. The van der Waals surface area contributed by atoms with Gasteiger partial charge in [-0.05, 0) is 26.0 Å². The maximum absolute atomic E-state index is 12.7. The number of carbonyl (C=O) groups excluding carboxylic acids is 2. The number of amides is 2. The summed E-state index contributed by atoms with van der Waals surface area (Å²) in [7, 11) is 0. The normalized spacial score (nSPS) is 24.7. The van der Waals surface area contributed by atoms with Crippen molar-refractivity contribution in [1.82, 2.24) is 14.7 Å². The molecule has 6 heteroatoms. The lowest BCUT2D eigenvalue weighted by atomic mass is 9.85. The largest absolute Gasteiger partial charge is 0.342 e. The number of hydrogen-bond donors (Lipinski definition) is 0. The lowest BCUT2D eigenvalue weighted by Crippen LogP contribution is -2.45. The van der Waals surface area contributed by atoms with Crippen LogP contribution in [-0.4, -0.2) is 65.8 Å². The summed E-state index contributed by atoms with van der Waals surface area (Å²) in [4.78, 5) is 34.3. The summed E-state index contributed by atoms with van der Waals surface area (Å²) >= 11 is 1.84. The van der Waals surface area contributed by atoms with Crippen LogP contribution in [0.4, 0.5) is 0 Å². The Bertz CT molecular complexity index is 672. The van der Waals surface area contributed by atoms with Crippen LogP contribution in [0.25, 0.3) is 0 Å². The molecule has 2 fully saturated rings. The van der Waals surface area contributed by atoms with Crippen molar-refractivity contribution in [1.29, 1.82) is 0 Å². The fourth-order valence-electron chi connectivity index (χ4n) is 4.31. The van der Waals surface area contributed by atoms with Crippen LogP contribution < -0.4 is 0 Å². The number of likely N-dealkylation sites (tertiary alicyclic amines) is 1. The lowest BCUT2D eigenvalue weighted by molar-refractivity contribution is -0.135. The van der Waals surface area contributed by atoms with Crippen molar-refractivity contribution < 1.29 is 9.59 Å². The Morgan fingerprint density at radius 2 is 2.00 bits per heavy atom. The lowest BCUT2D eigenvalue weighted by Gasteiger charge is -2.34. The third-order valence-electron chi connectivity index (χ3n) is 5.54. The minimum atomic E-state index is -0.138. The topological polar surface area (TPSA) is 43.9 Å². The van der Waals surface area contributed by atoms with E-state index < -0.39 is 0 Å². The monoisotopic (exact) mass is 377 g/mol. The Kier molecular flexibility index (Phi) is 5.72. The van der Waals surface area contributed by atoms with Crippen molar-refractivity contribution in [2.75, 3.05) is 39.3 Å². The Labute approximate surface area is 161 Å². The van der Waals surface area contributed by atoms with Crippen LogP contribution in [0.2, 0.25) is 0 Å². The number of nitrogens with zero attached hydrogens (tertiary/aromatic N) is 3. The van der Waals surface area contributed by atoms with Gasteiger partial charge < -0.3 is 9.80 Å². The molecule has 2 aliphatic heterocycles. The minimum Gasteiger partial charge on any atom is -0.342 e. The van der Waals surface area contributed by atoms with Crippen molar-refractivity contribution in [3.63, 3.8) is 0 Å². The van der Waals surface area contributed by atoms with Gasteiger partial charge in [0.1, 0.15) is 0 Å². The summed E-state index contributed by atoms with van der Waals surface area (Å²) in [5.41, 5.74) is -0.138. The van der Waals surface area contributed by atoms with Gasteiger partial charge in [0.2, 0.25) is 11.8 Å². The molecule has 3 heterocycles. The van der Waals surface area contributed by atoms with Gasteiger partial charge in [-0.25, -0.2) is 0 Å². The average Bonchev–Trinajstić information content (AvgIpc) is 3.07. The highest BCUT2D eigenvalue weighted by molar-refractivity contribution is 7.11. The molecular weight excluding hydrogens is 346 g/mol. The maximum atomic E-state index is 12.7. The van der Waals surface area contributed by atoms with Crippen LogP contribution in [0.15, 0.2) is 12.1 Å². The molecule has 1 atom stereocenters. The molecule has 3 rings (SSSR count). The molecule has 1 spiro atoms. The molecule has 0 aromatic carbocycles. The van der Waals surface area contributed by atoms with Crippen LogP contribution in [0, 0.1) is 18.3 Å². The van der Waals surface area contributed by atoms with Crippen molar-refractivity contribution in [2.24, 2.45) is 11.3 Å². The van der Waals surface area contributed by atoms with E-state index in [1.165, 1.54) is 9.75 Å². The van der Waals surface area contributed by atoms with Crippen molar-refractivity contribution >= 4 is 23.2 Å². The van der Waals surface area contributed by atoms with Gasteiger partial charge in [0, 0.05) is 73.3 Å². The van der Waals surface area contributed by atoms with Crippen LogP contribution in [0.5, 0.6) is 0 Å². The first-order chi connectivity index (χ1) is 12.3. The minimum absolute atomic E-state index is 0.00192. The van der Waals surface area contributed by atoms with Crippen LogP contribution in [0.1, 0.15) is 36.9 Å². The molecule has 0 N–H and O–H groups in total. The number of thiophene rings is 1. The Morgan fingerprint density at radius 1 is 1.23 bits per heavy atom. The number of hydrogen-bond acceptors (Lipinski definition) is 4. The summed E-state index contributed by atoms with van der Waals surface area (Å²) in [6.45, 7) is 13.7. The molecule has 2 aliphatic rings. The summed E-state index contributed by atoms with van der Waals surface area (Å²) in [5.74, 6) is 0.441. The Morgan fingerprint density at radius 3 is 2.58 bits per heavy atom. The average molecular weight is 378 g/mol. The second-order valence-corrected chi connectivity index (χ2v) is 9.59. The fourth-order valence-corrected chi connectivity index (χ4v) is 5.24. The van der Waals surface area contributed by atoms with E-state index in [0.29, 0.717) is 13.0 Å². The third-order valence-corrected chi connectivity index (χ3v) is 6.52. The summed E-state index contributed by atoms with van der Waals surface area (Å²) in [5, 5.41) is 0. The first-order valence-electron chi connectivity index (χ1n) is 9.66. The highest BCUT2D eigenvalue weighted by Crippen LogP contribution is 2.36. The van der Waals surface area contributed by atoms with E-state index >= 15 is 0 Å². The summed E-state index contributed by atoms with van der Waals surface area (Å²) in [6, 6.07) is 4.37. The highest BCUT2D eigenvalue weighted by atomic mass is 32.1. The van der Waals surface area contributed by atoms with Gasteiger partial charge >= 0.3 is 0 Å². The molecule has 0 saturated carbocycles. The van der Waals surface area contributed by atoms with Crippen molar-refractivity contribution in [3.05, 3.63) is 21.9 Å². The predicted octanol–water partition coefficient (Wildman–Crippen LogP) is 2.60. The third kappa shape index (κ3) is 4.12. The van der Waals surface area contributed by atoms with Crippen molar-refractivity contribution in [3.8, 4) is 0 Å². The molecule has 26 heavy (non-hydrogen) atoms. The molecule has 2 saturated heterocycles. The predicted molar refractivity (Wildman–Crippen MR) is 105 cm³/mol. The van der Waals surface area contributed by atoms with Gasteiger partial charge in [0.15, 0.2) is 0 Å². The molecule has 0 aliphatic carbocycles. The number of aryl methyl sites for hydroxylation is 1. The molecule has 2 amide bonds. The van der Waals surface area contributed by atoms with Gasteiger partial charge in [-0.15, -0.1) is 11.3 Å².